The molecule has 0 aromatic carbocycles. The van der Waals surface area contributed by atoms with Crippen LogP contribution >= 0.6 is 11.6 Å². The molecule has 2 amide bonds. The molecule has 122 valence electrons. The van der Waals surface area contributed by atoms with Gasteiger partial charge < -0.3 is 19.5 Å². The van der Waals surface area contributed by atoms with Crippen LogP contribution in [0.25, 0.3) is 0 Å². The highest BCUT2D eigenvalue weighted by Gasteiger charge is 2.33. The molecule has 1 aromatic heterocycles. The van der Waals surface area contributed by atoms with E-state index in [0.29, 0.717) is 23.8 Å². The van der Waals surface area contributed by atoms with Crippen molar-refractivity contribution in [3.05, 3.63) is 23.0 Å². The number of halogens is 1. The largest absolute Gasteiger partial charge is 0.444 e. The van der Waals surface area contributed by atoms with Gasteiger partial charge in [0.25, 0.3) is 5.91 Å². The van der Waals surface area contributed by atoms with Gasteiger partial charge in [-0.05, 0) is 33.3 Å². The van der Waals surface area contributed by atoms with Gasteiger partial charge in [-0.25, -0.2) is 4.79 Å². The van der Waals surface area contributed by atoms with Gasteiger partial charge in [0.2, 0.25) is 0 Å². The van der Waals surface area contributed by atoms with Gasteiger partial charge in [-0.15, -0.1) is 0 Å². The van der Waals surface area contributed by atoms with E-state index < -0.39 is 5.60 Å². The number of carbonyl (C=O) groups excluding carboxylic acids is 2. The maximum atomic E-state index is 12.3. The molecule has 2 heterocycles. The summed E-state index contributed by atoms with van der Waals surface area (Å²) >= 11 is 5.82. The molecular formula is C15H22ClN3O3. The summed E-state index contributed by atoms with van der Waals surface area (Å²) in [5, 5.41) is 0.505. The molecule has 1 fully saturated rings. The monoisotopic (exact) mass is 327 g/mol. The zero-order valence-corrected chi connectivity index (χ0v) is 14.1. The Bertz CT molecular complexity index is 565. The van der Waals surface area contributed by atoms with Crippen molar-refractivity contribution < 1.29 is 14.3 Å². The summed E-state index contributed by atoms with van der Waals surface area (Å²) in [5.74, 6) is -0.105. The number of ether oxygens (including phenoxy) is 1. The number of nitrogens with zero attached hydrogens (tertiary/aromatic N) is 2. The summed E-state index contributed by atoms with van der Waals surface area (Å²) in [4.78, 5) is 30.5. The zero-order valence-electron chi connectivity index (χ0n) is 13.4. The normalized spacial score (nSPS) is 18.4. The Kier molecular flexibility index (Phi) is 4.70. The topological polar surface area (TPSA) is 65.6 Å². The fourth-order valence-corrected chi connectivity index (χ4v) is 2.55. The predicted octanol–water partition coefficient (Wildman–Crippen LogP) is 2.75. The Morgan fingerprint density at radius 3 is 2.68 bits per heavy atom. The molecule has 1 aliphatic heterocycles. The molecule has 0 aliphatic carbocycles. The number of hydrogen-bond acceptors (Lipinski definition) is 3. The van der Waals surface area contributed by atoms with Gasteiger partial charge in [0, 0.05) is 26.3 Å². The van der Waals surface area contributed by atoms with Crippen molar-refractivity contribution in [2.75, 3.05) is 20.1 Å². The first-order chi connectivity index (χ1) is 10.2. The van der Waals surface area contributed by atoms with Crippen LogP contribution in [0.5, 0.6) is 0 Å². The first-order valence-electron chi connectivity index (χ1n) is 7.26. The first kappa shape index (κ1) is 16.7. The summed E-state index contributed by atoms with van der Waals surface area (Å²) in [6, 6.07) is 1.57. The van der Waals surface area contributed by atoms with E-state index in [1.54, 1.807) is 29.1 Å². The number of rotatable bonds is 2. The van der Waals surface area contributed by atoms with E-state index in [4.69, 9.17) is 16.3 Å². The highest BCUT2D eigenvalue weighted by Crippen LogP contribution is 2.20. The third-order valence-electron chi connectivity index (χ3n) is 3.56. The summed E-state index contributed by atoms with van der Waals surface area (Å²) in [6.07, 6.45) is 1.94. The number of likely N-dealkylation sites (tertiary alicyclic amines) is 1. The molecule has 1 unspecified atom stereocenters. The van der Waals surface area contributed by atoms with Crippen LogP contribution in [0.3, 0.4) is 0 Å². The van der Waals surface area contributed by atoms with E-state index in [1.807, 2.05) is 20.8 Å². The van der Waals surface area contributed by atoms with Crippen LogP contribution in [-0.2, 0) is 4.74 Å². The minimum Gasteiger partial charge on any atom is -0.444 e. The minimum absolute atomic E-state index is 0.0377. The van der Waals surface area contributed by atoms with Crippen molar-refractivity contribution >= 4 is 23.6 Å². The Balaban J connectivity index is 1.94. The molecule has 6 nitrogen and oxygen atoms in total. The zero-order chi connectivity index (χ0) is 16.5. The molecule has 1 saturated heterocycles. The number of aromatic nitrogens is 1. The molecule has 1 atom stereocenters. The second kappa shape index (κ2) is 6.20. The van der Waals surface area contributed by atoms with E-state index in [0.717, 1.165) is 6.42 Å². The number of aromatic amines is 1. The van der Waals surface area contributed by atoms with E-state index in [9.17, 15) is 9.59 Å². The van der Waals surface area contributed by atoms with E-state index >= 15 is 0 Å². The Labute approximate surface area is 135 Å². The Hall–Kier alpha value is -1.69. The highest BCUT2D eigenvalue weighted by atomic mass is 35.5. The molecular weight excluding hydrogens is 306 g/mol. The third kappa shape index (κ3) is 3.94. The molecule has 0 saturated carbocycles. The van der Waals surface area contributed by atoms with Crippen molar-refractivity contribution in [2.45, 2.75) is 38.8 Å². The highest BCUT2D eigenvalue weighted by molar-refractivity contribution is 6.30. The summed E-state index contributed by atoms with van der Waals surface area (Å²) < 4.78 is 5.36. The first-order valence-corrected chi connectivity index (χ1v) is 7.64. The summed E-state index contributed by atoms with van der Waals surface area (Å²) in [5.41, 5.74) is -0.0638. The van der Waals surface area contributed by atoms with Gasteiger partial charge in [-0.1, -0.05) is 11.6 Å². The summed E-state index contributed by atoms with van der Waals surface area (Å²) in [7, 11) is 1.71. The van der Waals surface area contributed by atoms with Gasteiger partial charge in [0.1, 0.15) is 11.3 Å². The fourth-order valence-electron chi connectivity index (χ4n) is 2.39. The van der Waals surface area contributed by atoms with Gasteiger partial charge in [0.15, 0.2) is 0 Å². The molecule has 2 rings (SSSR count). The number of nitrogens with one attached hydrogen (secondary N) is 1. The predicted molar refractivity (Wildman–Crippen MR) is 84.1 cm³/mol. The Morgan fingerprint density at radius 1 is 1.45 bits per heavy atom. The van der Waals surface area contributed by atoms with Crippen LogP contribution in [0.15, 0.2) is 12.3 Å². The average molecular weight is 328 g/mol. The Morgan fingerprint density at radius 2 is 2.14 bits per heavy atom. The SMILES string of the molecule is CN(C(=O)OC(C)(C)C)C1CCN(C(=O)c2cc(Cl)c[nH]2)C1. The second-order valence-electron chi connectivity index (χ2n) is 6.52. The smallest absolute Gasteiger partial charge is 0.410 e. The van der Waals surface area contributed by atoms with Crippen molar-refractivity contribution in [1.82, 2.24) is 14.8 Å². The quantitative estimate of drug-likeness (QED) is 0.908. The molecule has 1 aromatic rings. The van der Waals surface area contributed by atoms with Gasteiger partial charge in [-0.2, -0.15) is 0 Å². The van der Waals surface area contributed by atoms with Crippen molar-refractivity contribution in [2.24, 2.45) is 0 Å². The van der Waals surface area contributed by atoms with Crippen molar-refractivity contribution in [3.63, 3.8) is 0 Å². The van der Waals surface area contributed by atoms with Crippen LogP contribution in [-0.4, -0.2) is 58.6 Å². The lowest BCUT2D eigenvalue weighted by Crippen LogP contribution is -2.42. The lowest BCUT2D eigenvalue weighted by Gasteiger charge is -2.28. The van der Waals surface area contributed by atoms with E-state index in [2.05, 4.69) is 4.98 Å². The van der Waals surface area contributed by atoms with Crippen LogP contribution in [0.4, 0.5) is 4.79 Å². The molecule has 7 heteroatoms. The molecule has 1 aliphatic rings. The van der Waals surface area contributed by atoms with Crippen LogP contribution in [0.1, 0.15) is 37.7 Å². The number of amides is 2. The lowest BCUT2D eigenvalue weighted by atomic mass is 10.2. The number of carbonyl (C=O) groups is 2. The number of hydrogen-bond donors (Lipinski definition) is 1. The molecule has 0 spiro atoms. The molecule has 0 bridgehead atoms. The van der Waals surface area contributed by atoms with Crippen LogP contribution in [0.2, 0.25) is 5.02 Å². The van der Waals surface area contributed by atoms with Crippen LogP contribution < -0.4 is 0 Å². The lowest BCUT2D eigenvalue weighted by molar-refractivity contribution is 0.0226. The molecule has 0 radical (unpaired) electrons. The minimum atomic E-state index is -0.527. The van der Waals surface area contributed by atoms with Gasteiger partial charge in [-0.3, -0.25) is 4.79 Å². The van der Waals surface area contributed by atoms with Crippen molar-refractivity contribution in [1.29, 1.82) is 0 Å². The number of likely N-dealkylation sites (N-methyl/N-ethyl adjacent to an activating group) is 1. The maximum absolute atomic E-state index is 12.3. The number of H-pyrrole nitrogens is 1. The second-order valence-corrected chi connectivity index (χ2v) is 6.95. The molecule has 1 N–H and O–H groups in total. The van der Waals surface area contributed by atoms with Gasteiger partial charge in [0.05, 0.1) is 11.1 Å². The van der Waals surface area contributed by atoms with E-state index in [-0.39, 0.29) is 18.0 Å². The average Bonchev–Trinajstić information content (AvgIpc) is 3.03. The standard InChI is InChI=1S/C15H22ClN3O3/c1-15(2,3)22-14(21)18(4)11-5-6-19(9-11)13(20)12-7-10(16)8-17-12/h7-8,11,17H,5-6,9H2,1-4H3. The van der Waals surface area contributed by atoms with Gasteiger partial charge >= 0.3 is 6.09 Å². The van der Waals surface area contributed by atoms with Crippen molar-refractivity contribution in [3.8, 4) is 0 Å². The third-order valence-corrected chi connectivity index (χ3v) is 3.78. The summed E-state index contributed by atoms with van der Waals surface area (Å²) in [6.45, 7) is 6.59. The fraction of sp³-hybridized carbons (Fsp3) is 0.600. The maximum Gasteiger partial charge on any atom is 0.410 e. The van der Waals surface area contributed by atoms with Crippen LogP contribution in [0, 0.1) is 0 Å². The molecule has 22 heavy (non-hydrogen) atoms. The van der Waals surface area contributed by atoms with E-state index in [1.165, 1.54) is 0 Å².